The number of rotatable bonds is 2. The Hall–Kier alpha value is -1.32. The molecule has 0 bridgehead atoms. The van der Waals surface area contributed by atoms with Gasteiger partial charge in [0.05, 0.1) is 6.54 Å². The Morgan fingerprint density at radius 1 is 1.62 bits per heavy atom. The van der Waals surface area contributed by atoms with E-state index in [1.807, 2.05) is 0 Å². The van der Waals surface area contributed by atoms with Gasteiger partial charge < -0.3 is 10.2 Å². The number of amides is 2. The van der Waals surface area contributed by atoms with Crippen molar-refractivity contribution in [3.05, 3.63) is 12.7 Å². The summed E-state index contributed by atoms with van der Waals surface area (Å²) in [6.45, 7) is 7.51. The molecule has 0 aromatic rings. The van der Waals surface area contributed by atoms with Crippen molar-refractivity contribution in [1.29, 1.82) is 0 Å². The molecule has 1 aliphatic heterocycles. The summed E-state index contributed by atoms with van der Waals surface area (Å²) in [5, 5.41) is 2.55. The molecule has 0 aromatic carbocycles. The summed E-state index contributed by atoms with van der Waals surface area (Å²) in [6.07, 6.45) is 1.62. The highest BCUT2D eigenvalue weighted by Gasteiger charge is 2.40. The van der Waals surface area contributed by atoms with Crippen LogP contribution in [0.15, 0.2) is 12.7 Å². The van der Waals surface area contributed by atoms with Crippen LogP contribution < -0.4 is 5.32 Å². The number of carbonyl (C=O) groups excluding carboxylic acids is 2. The lowest BCUT2D eigenvalue weighted by molar-refractivity contribution is -0.150. The van der Waals surface area contributed by atoms with E-state index in [1.165, 1.54) is 4.90 Å². The van der Waals surface area contributed by atoms with E-state index in [-0.39, 0.29) is 18.4 Å². The second-order valence-corrected chi connectivity index (χ2v) is 3.53. The standard InChI is InChI=1S/C9H14N2O2/c1-4-5-11-7(12)6-10-8(13)9(11,2)3/h4H,1,5-6H2,2-3H3,(H,10,13). The maximum atomic E-state index is 11.4. The average Bonchev–Trinajstić information content (AvgIpc) is 2.06. The molecule has 0 radical (unpaired) electrons. The van der Waals surface area contributed by atoms with E-state index >= 15 is 0 Å². The summed E-state index contributed by atoms with van der Waals surface area (Å²) in [6, 6.07) is 0. The zero-order chi connectivity index (χ0) is 10.1. The lowest BCUT2D eigenvalue weighted by Crippen LogP contribution is -2.64. The average molecular weight is 182 g/mol. The Labute approximate surface area is 77.6 Å². The summed E-state index contributed by atoms with van der Waals surface area (Å²) < 4.78 is 0. The van der Waals surface area contributed by atoms with Gasteiger partial charge in [0.2, 0.25) is 11.8 Å². The van der Waals surface area contributed by atoms with Crippen LogP contribution in [0.5, 0.6) is 0 Å². The molecular weight excluding hydrogens is 168 g/mol. The first kappa shape index (κ1) is 9.77. The fraction of sp³-hybridized carbons (Fsp3) is 0.556. The molecular formula is C9H14N2O2. The predicted molar refractivity (Wildman–Crippen MR) is 49.0 cm³/mol. The van der Waals surface area contributed by atoms with E-state index in [9.17, 15) is 9.59 Å². The predicted octanol–water partition coefficient (Wildman–Crippen LogP) is -0.0906. The van der Waals surface area contributed by atoms with Gasteiger partial charge in [-0.25, -0.2) is 0 Å². The van der Waals surface area contributed by atoms with Crippen molar-refractivity contribution >= 4 is 11.8 Å². The number of nitrogens with one attached hydrogen (secondary N) is 1. The molecule has 0 saturated carbocycles. The molecule has 0 aliphatic carbocycles. The van der Waals surface area contributed by atoms with Gasteiger partial charge in [-0.1, -0.05) is 6.08 Å². The van der Waals surface area contributed by atoms with Gasteiger partial charge in [0.25, 0.3) is 0 Å². The third kappa shape index (κ3) is 1.56. The summed E-state index contributed by atoms with van der Waals surface area (Å²) in [4.78, 5) is 24.3. The Kier molecular flexibility index (Phi) is 2.40. The molecule has 1 saturated heterocycles. The third-order valence-corrected chi connectivity index (χ3v) is 2.24. The van der Waals surface area contributed by atoms with E-state index in [2.05, 4.69) is 11.9 Å². The van der Waals surface area contributed by atoms with Crippen LogP contribution in [0.4, 0.5) is 0 Å². The van der Waals surface area contributed by atoms with Crippen molar-refractivity contribution in [1.82, 2.24) is 10.2 Å². The smallest absolute Gasteiger partial charge is 0.245 e. The highest BCUT2D eigenvalue weighted by atomic mass is 16.2. The van der Waals surface area contributed by atoms with Gasteiger partial charge in [-0.05, 0) is 13.8 Å². The SMILES string of the molecule is C=CCN1C(=O)CNC(=O)C1(C)C. The van der Waals surface area contributed by atoms with Crippen LogP contribution in [-0.4, -0.2) is 35.3 Å². The molecule has 1 fully saturated rings. The number of hydrogen-bond donors (Lipinski definition) is 1. The van der Waals surface area contributed by atoms with Crippen LogP contribution in [0.1, 0.15) is 13.8 Å². The van der Waals surface area contributed by atoms with Crippen molar-refractivity contribution in [2.75, 3.05) is 13.1 Å². The maximum Gasteiger partial charge on any atom is 0.245 e. The molecule has 2 amide bonds. The van der Waals surface area contributed by atoms with Crippen molar-refractivity contribution in [2.45, 2.75) is 19.4 Å². The van der Waals surface area contributed by atoms with Crippen LogP contribution in [0.2, 0.25) is 0 Å². The number of nitrogens with zero attached hydrogens (tertiary/aromatic N) is 1. The molecule has 0 atom stereocenters. The summed E-state index contributed by atoms with van der Waals surface area (Å²) in [5.41, 5.74) is -0.760. The topological polar surface area (TPSA) is 49.4 Å². The van der Waals surface area contributed by atoms with Crippen LogP contribution in [0.3, 0.4) is 0 Å². The number of hydrogen-bond acceptors (Lipinski definition) is 2. The number of carbonyl (C=O) groups is 2. The fourth-order valence-electron chi connectivity index (χ4n) is 1.36. The van der Waals surface area contributed by atoms with E-state index in [0.717, 1.165) is 0 Å². The highest BCUT2D eigenvalue weighted by molar-refractivity contribution is 5.97. The summed E-state index contributed by atoms with van der Waals surface area (Å²) >= 11 is 0. The Bertz CT molecular complexity index is 258. The number of piperazine rings is 1. The lowest BCUT2D eigenvalue weighted by Gasteiger charge is -2.40. The van der Waals surface area contributed by atoms with Crippen molar-refractivity contribution in [3.8, 4) is 0 Å². The highest BCUT2D eigenvalue weighted by Crippen LogP contribution is 2.17. The zero-order valence-electron chi connectivity index (χ0n) is 7.96. The van der Waals surface area contributed by atoms with Gasteiger partial charge in [-0.2, -0.15) is 0 Å². The maximum absolute atomic E-state index is 11.4. The summed E-state index contributed by atoms with van der Waals surface area (Å²) in [5.74, 6) is -0.182. The van der Waals surface area contributed by atoms with Crippen molar-refractivity contribution in [3.63, 3.8) is 0 Å². The van der Waals surface area contributed by atoms with Crippen LogP contribution in [0.25, 0.3) is 0 Å². The van der Waals surface area contributed by atoms with Crippen LogP contribution in [-0.2, 0) is 9.59 Å². The molecule has 4 heteroatoms. The van der Waals surface area contributed by atoms with Gasteiger partial charge in [0.15, 0.2) is 0 Å². The molecule has 0 unspecified atom stereocenters. The monoisotopic (exact) mass is 182 g/mol. The Morgan fingerprint density at radius 3 is 2.77 bits per heavy atom. The molecule has 1 rings (SSSR count). The zero-order valence-corrected chi connectivity index (χ0v) is 7.96. The summed E-state index contributed by atoms with van der Waals surface area (Å²) in [7, 11) is 0. The lowest BCUT2D eigenvalue weighted by atomic mass is 9.99. The minimum atomic E-state index is -0.760. The molecule has 72 valence electrons. The normalized spacial score (nSPS) is 21.2. The van der Waals surface area contributed by atoms with Crippen molar-refractivity contribution in [2.24, 2.45) is 0 Å². The quantitative estimate of drug-likeness (QED) is 0.607. The molecule has 1 N–H and O–H groups in total. The van der Waals surface area contributed by atoms with Crippen LogP contribution in [0, 0.1) is 0 Å². The second kappa shape index (κ2) is 3.20. The van der Waals surface area contributed by atoms with Gasteiger partial charge in [0, 0.05) is 6.54 Å². The second-order valence-electron chi connectivity index (χ2n) is 3.53. The van der Waals surface area contributed by atoms with E-state index < -0.39 is 5.54 Å². The Balaban J connectivity index is 2.90. The van der Waals surface area contributed by atoms with Gasteiger partial charge >= 0.3 is 0 Å². The first-order chi connectivity index (χ1) is 6.00. The van der Waals surface area contributed by atoms with Crippen molar-refractivity contribution < 1.29 is 9.59 Å². The van der Waals surface area contributed by atoms with E-state index in [4.69, 9.17) is 0 Å². The van der Waals surface area contributed by atoms with Crippen LogP contribution >= 0.6 is 0 Å². The molecule has 0 aromatic heterocycles. The minimum absolute atomic E-state index is 0.0653. The van der Waals surface area contributed by atoms with E-state index in [1.54, 1.807) is 19.9 Å². The third-order valence-electron chi connectivity index (χ3n) is 2.24. The molecule has 1 heterocycles. The molecule has 13 heavy (non-hydrogen) atoms. The molecule has 1 aliphatic rings. The van der Waals surface area contributed by atoms with E-state index in [0.29, 0.717) is 6.54 Å². The first-order valence-corrected chi connectivity index (χ1v) is 4.20. The Morgan fingerprint density at radius 2 is 2.23 bits per heavy atom. The largest absolute Gasteiger partial charge is 0.345 e. The first-order valence-electron chi connectivity index (χ1n) is 4.20. The minimum Gasteiger partial charge on any atom is -0.345 e. The molecule has 4 nitrogen and oxygen atoms in total. The van der Waals surface area contributed by atoms with Gasteiger partial charge in [-0.3, -0.25) is 9.59 Å². The fourth-order valence-corrected chi connectivity index (χ4v) is 1.36. The van der Waals surface area contributed by atoms with Gasteiger partial charge in [0.1, 0.15) is 5.54 Å². The molecule has 0 spiro atoms. The van der Waals surface area contributed by atoms with Gasteiger partial charge in [-0.15, -0.1) is 6.58 Å².